The Morgan fingerprint density at radius 2 is 1.80 bits per heavy atom. The molecule has 4 N–H and O–H groups in total. The summed E-state index contributed by atoms with van der Waals surface area (Å²) in [5, 5.41) is 9.02. The van der Waals surface area contributed by atoms with E-state index in [1.54, 1.807) is 12.1 Å². The lowest BCUT2D eigenvalue weighted by Gasteiger charge is -2.39. The van der Waals surface area contributed by atoms with E-state index < -0.39 is 11.4 Å². The monoisotopic (exact) mass is 360 g/mol. The Kier molecular flexibility index (Phi) is 4.00. The summed E-state index contributed by atoms with van der Waals surface area (Å²) >= 11 is 6.01. The van der Waals surface area contributed by atoms with Gasteiger partial charge in [0.15, 0.2) is 0 Å². The molecule has 1 fully saturated rings. The minimum absolute atomic E-state index is 0.237. The fraction of sp³-hybridized carbons (Fsp3) is 0.529. The lowest BCUT2D eigenvalue weighted by Crippen LogP contribution is -2.58. The molecule has 7 nitrogen and oxygen atoms in total. The molecule has 1 aliphatic carbocycles. The molecule has 2 unspecified atom stereocenters. The van der Waals surface area contributed by atoms with E-state index in [1.165, 1.54) is 32.1 Å². The molecule has 8 heteroatoms. The average molecular weight is 361 g/mol. The van der Waals surface area contributed by atoms with Crippen molar-refractivity contribution >= 4 is 23.3 Å². The average Bonchev–Trinajstić information content (AvgIpc) is 2.61. The number of rotatable bonds is 3. The van der Waals surface area contributed by atoms with Gasteiger partial charge in [-0.15, -0.1) is 5.11 Å². The van der Waals surface area contributed by atoms with Gasteiger partial charge in [-0.2, -0.15) is 10.1 Å². The molecule has 3 heterocycles. The number of hydrogen-bond acceptors (Lipinski definition) is 7. The van der Waals surface area contributed by atoms with Crippen LogP contribution in [0.1, 0.15) is 37.7 Å². The third kappa shape index (κ3) is 2.81. The van der Waals surface area contributed by atoms with E-state index in [-0.39, 0.29) is 5.84 Å². The Morgan fingerprint density at radius 3 is 2.48 bits per heavy atom. The van der Waals surface area contributed by atoms with Crippen LogP contribution in [0.2, 0.25) is 5.02 Å². The molecule has 0 amide bonds. The van der Waals surface area contributed by atoms with Crippen molar-refractivity contribution in [3.05, 3.63) is 34.9 Å². The zero-order chi connectivity index (χ0) is 17.5. The van der Waals surface area contributed by atoms with Crippen LogP contribution in [-0.4, -0.2) is 24.3 Å². The van der Waals surface area contributed by atoms with Crippen LogP contribution in [0.5, 0.6) is 0 Å². The quantitative estimate of drug-likeness (QED) is 0.864. The van der Waals surface area contributed by atoms with E-state index in [1.807, 2.05) is 12.1 Å². The number of ether oxygens (including phenoxy) is 1. The number of benzene rings is 1. The molecule has 2 bridgehead atoms. The third-order valence-electron chi connectivity index (χ3n) is 5.02. The van der Waals surface area contributed by atoms with E-state index in [9.17, 15) is 0 Å². The zero-order valence-corrected chi connectivity index (χ0v) is 14.6. The number of nitrogens with zero attached hydrogens (tertiary/aromatic N) is 4. The zero-order valence-electron chi connectivity index (χ0n) is 13.9. The summed E-state index contributed by atoms with van der Waals surface area (Å²) in [5.41, 5.74) is 11.9. The highest BCUT2D eigenvalue weighted by Gasteiger charge is 2.54. The molecular formula is C17H21ClN6O. The standard InChI is InChI=1S/C17H21ClN6O/c18-13-8-6-12(7-9-13)16-14(19)21-17(20,24-23-16)22-15(16)25-10-11-4-2-1-3-5-11/h6-9,11H,1-5,10,20H2,(H2,19,21). The molecule has 1 aromatic carbocycles. The summed E-state index contributed by atoms with van der Waals surface area (Å²) < 4.78 is 6.10. The van der Waals surface area contributed by atoms with Crippen molar-refractivity contribution in [3.63, 3.8) is 0 Å². The Balaban J connectivity index is 1.66. The molecule has 132 valence electrons. The first-order chi connectivity index (χ1) is 12.0. The van der Waals surface area contributed by atoms with E-state index >= 15 is 0 Å². The van der Waals surface area contributed by atoms with Crippen molar-refractivity contribution in [2.24, 2.45) is 37.6 Å². The molecule has 0 saturated heterocycles. The lowest BCUT2D eigenvalue weighted by atomic mass is 9.87. The van der Waals surface area contributed by atoms with Crippen molar-refractivity contribution in [2.45, 2.75) is 43.6 Å². The second kappa shape index (κ2) is 6.07. The maximum absolute atomic E-state index is 6.23. The van der Waals surface area contributed by atoms with Gasteiger partial charge in [0, 0.05) is 5.02 Å². The normalized spacial score (nSPS) is 31.6. The molecule has 3 aliphatic heterocycles. The Bertz CT molecular complexity index is 755. The van der Waals surface area contributed by atoms with Gasteiger partial charge in [-0.05, 0) is 36.5 Å². The predicted molar refractivity (Wildman–Crippen MR) is 96.5 cm³/mol. The number of amidine groups is 1. The molecular weight excluding hydrogens is 340 g/mol. The van der Waals surface area contributed by atoms with Gasteiger partial charge in [0.2, 0.25) is 11.4 Å². The van der Waals surface area contributed by atoms with Gasteiger partial charge in [0.25, 0.3) is 0 Å². The summed E-state index contributed by atoms with van der Waals surface area (Å²) in [4.78, 5) is 8.61. The molecule has 1 aromatic rings. The molecule has 4 aliphatic rings. The van der Waals surface area contributed by atoms with Crippen LogP contribution in [0.15, 0.2) is 44.5 Å². The highest BCUT2D eigenvalue weighted by Crippen LogP contribution is 2.40. The van der Waals surface area contributed by atoms with E-state index in [0.29, 0.717) is 23.4 Å². The topological polar surface area (TPSA) is 111 Å². The predicted octanol–water partition coefficient (Wildman–Crippen LogP) is 2.94. The first kappa shape index (κ1) is 16.5. The van der Waals surface area contributed by atoms with Gasteiger partial charge in [-0.1, -0.05) is 43.0 Å². The van der Waals surface area contributed by atoms with Crippen LogP contribution in [-0.2, 0) is 10.3 Å². The van der Waals surface area contributed by atoms with Crippen molar-refractivity contribution in [2.75, 3.05) is 6.61 Å². The van der Waals surface area contributed by atoms with Gasteiger partial charge < -0.3 is 10.5 Å². The molecule has 0 spiro atoms. The number of azo groups is 1. The fourth-order valence-corrected chi connectivity index (χ4v) is 3.74. The van der Waals surface area contributed by atoms with Gasteiger partial charge >= 0.3 is 5.91 Å². The molecule has 0 aromatic heterocycles. The van der Waals surface area contributed by atoms with Crippen molar-refractivity contribution in [1.82, 2.24) is 0 Å². The minimum Gasteiger partial charge on any atom is -0.478 e. The number of halogens is 1. The Labute approximate surface area is 151 Å². The lowest BCUT2D eigenvalue weighted by molar-refractivity contribution is 0.178. The first-order valence-corrected chi connectivity index (χ1v) is 8.97. The van der Waals surface area contributed by atoms with Crippen LogP contribution in [0.4, 0.5) is 0 Å². The van der Waals surface area contributed by atoms with Crippen molar-refractivity contribution in [1.29, 1.82) is 0 Å². The van der Waals surface area contributed by atoms with Crippen LogP contribution >= 0.6 is 11.6 Å². The number of aliphatic imine (C=N–C) groups is 2. The van der Waals surface area contributed by atoms with Gasteiger partial charge in [-0.25, -0.2) is 4.99 Å². The van der Waals surface area contributed by atoms with Crippen LogP contribution in [0.25, 0.3) is 0 Å². The van der Waals surface area contributed by atoms with Crippen LogP contribution in [0, 0.1) is 5.92 Å². The summed E-state index contributed by atoms with van der Waals surface area (Å²) in [6.45, 7) is 0.576. The minimum atomic E-state index is -1.51. The Morgan fingerprint density at radius 1 is 1.08 bits per heavy atom. The van der Waals surface area contributed by atoms with Crippen LogP contribution in [0.3, 0.4) is 0 Å². The van der Waals surface area contributed by atoms with E-state index in [2.05, 4.69) is 20.2 Å². The maximum atomic E-state index is 6.23. The van der Waals surface area contributed by atoms with Crippen LogP contribution < -0.4 is 11.5 Å². The first-order valence-electron chi connectivity index (χ1n) is 8.60. The van der Waals surface area contributed by atoms with Gasteiger partial charge in [0.05, 0.1) is 6.61 Å². The van der Waals surface area contributed by atoms with Crippen molar-refractivity contribution < 1.29 is 4.74 Å². The van der Waals surface area contributed by atoms with E-state index in [0.717, 1.165) is 5.56 Å². The summed E-state index contributed by atoms with van der Waals surface area (Å²) in [6, 6.07) is 7.20. The summed E-state index contributed by atoms with van der Waals surface area (Å²) in [7, 11) is 0. The van der Waals surface area contributed by atoms with Gasteiger partial charge in [0.1, 0.15) is 5.84 Å². The van der Waals surface area contributed by atoms with E-state index in [4.69, 9.17) is 27.8 Å². The number of nitrogens with two attached hydrogens (primary N) is 2. The smallest absolute Gasteiger partial charge is 0.326 e. The Hall–Kier alpha value is -1.99. The molecule has 2 atom stereocenters. The van der Waals surface area contributed by atoms with Crippen molar-refractivity contribution in [3.8, 4) is 0 Å². The second-order valence-electron chi connectivity index (χ2n) is 6.83. The molecule has 25 heavy (non-hydrogen) atoms. The second-order valence-corrected chi connectivity index (χ2v) is 7.27. The SMILES string of the molecule is NC1=NC2(N)N=NC1(c1ccc(Cl)cc1)C(OCC1CCCCC1)=N2. The molecule has 0 radical (unpaired) electrons. The fourth-order valence-electron chi connectivity index (χ4n) is 3.62. The summed E-state index contributed by atoms with van der Waals surface area (Å²) in [5.74, 6) is -0.394. The molecule has 1 saturated carbocycles. The highest BCUT2D eigenvalue weighted by molar-refractivity contribution is 6.30. The number of hydrogen-bond donors (Lipinski definition) is 2. The largest absolute Gasteiger partial charge is 0.478 e. The summed E-state index contributed by atoms with van der Waals surface area (Å²) in [6.07, 6.45) is 6.12. The maximum Gasteiger partial charge on any atom is 0.326 e. The highest BCUT2D eigenvalue weighted by atomic mass is 35.5. The third-order valence-corrected chi connectivity index (χ3v) is 5.27. The molecule has 5 rings (SSSR count). The van der Waals surface area contributed by atoms with Gasteiger partial charge in [-0.3, -0.25) is 5.73 Å².